The largest absolute Gasteiger partial charge is 0.493 e. The van der Waals surface area contributed by atoms with Gasteiger partial charge in [-0.2, -0.15) is 0 Å². The van der Waals surface area contributed by atoms with Gasteiger partial charge in [-0.3, -0.25) is 0 Å². The third-order valence-electron chi connectivity index (χ3n) is 3.96. The molecule has 0 aliphatic carbocycles. The maximum absolute atomic E-state index is 14.4. The van der Waals surface area contributed by atoms with Gasteiger partial charge < -0.3 is 19.9 Å². The van der Waals surface area contributed by atoms with Crippen molar-refractivity contribution in [3.8, 4) is 5.75 Å². The van der Waals surface area contributed by atoms with Gasteiger partial charge in [0, 0.05) is 28.6 Å². The summed E-state index contributed by atoms with van der Waals surface area (Å²) >= 11 is 0. The van der Waals surface area contributed by atoms with E-state index in [1.165, 1.54) is 12.1 Å². The first-order valence-corrected chi connectivity index (χ1v) is 9.47. The van der Waals surface area contributed by atoms with Crippen molar-refractivity contribution in [3.05, 3.63) is 65.4 Å². The molecule has 1 fully saturated rings. The molecule has 5 nitrogen and oxygen atoms in total. The highest BCUT2D eigenvalue weighted by atomic mass is 19.1. The molecule has 2 aromatic carbocycles. The average molecular weight is 445 g/mol. The zero-order valence-corrected chi connectivity index (χ0v) is 17.0. The van der Waals surface area contributed by atoms with Gasteiger partial charge in [-0.25, -0.2) is 9.18 Å². The Hall–Kier alpha value is -2.60. The number of rotatable bonds is 8. The van der Waals surface area contributed by atoms with Gasteiger partial charge in [0.15, 0.2) is 0 Å². The van der Waals surface area contributed by atoms with E-state index in [0.717, 1.165) is 12.1 Å². The summed E-state index contributed by atoms with van der Waals surface area (Å²) in [5, 5.41) is 1.91. The lowest BCUT2D eigenvalue weighted by Crippen LogP contribution is -2.49. The second-order valence-electron chi connectivity index (χ2n) is 6.84. The molecule has 1 N–H and O–H groups in total. The van der Waals surface area contributed by atoms with E-state index >= 15 is 0 Å². The molecular formula is C25H34FN3O2. The molecule has 0 aromatic heterocycles. The van der Waals surface area contributed by atoms with Crippen molar-refractivity contribution in [2.24, 2.45) is 5.92 Å². The lowest BCUT2D eigenvalue weighted by molar-refractivity contribution is 0.127. The van der Waals surface area contributed by atoms with E-state index in [1.54, 1.807) is 13.8 Å². The summed E-state index contributed by atoms with van der Waals surface area (Å²) < 4.78 is 159. The predicted octanol–water partition coefficient (Wildman–Crippen LogP) is 4.67. The number of ether oxygens (including phenoxy) is 1. The lowest BCUT2D eigenvalue weighted by Gasteiger charge is -2.37. The van der Waals surface area contributed by atoms with Gasteiger partial charge >= 0.3 is 6.03 Å². The van der Waals surface area contributed by atoms with Gasteiger partial charge in [-0.1, -0.05) is 38.1 Å². The summed E-state index contributed by atoms with van der Waals surface area (Å²) in [5.74, 6) is -2.19. The van der Waals surface area contributed by atoms with E-state index in [9.17, 15) is 9.18 Å². The SMILES string of the molecule is [2H]c1c([2H])c(C([2H])([2H])N(C(=O)NC([2H])([2H])c2ccc(OC([2H])([2H])C(C)C)cc2)C2CC([2H])([2H])N(C([2H])([2H])[2H])C([2H])([2H])C2)c([2H])c([2H])c1F. The molecule has 0 saturated carbocycles. The molecule has 168 valence electrons. The Bertz CT molecular complexity index is 1490. The van der Waals surface area contributed by atoms with Crippen molar-refractivity contribution < 1.29 is 37.2 Å². The zero-order chi connectivity index (χ0) is 37.2. The minimum absolute atomic E-state index is 0.00247. The van der Waals surface area contributed by atoms with Crippen LogP contribution in [-0.4, -0.2) is 48.4 Å². The molecule has 31 heavy (non-hydrogen) atoms. The number of carbonyl (C=O) groups is 1. The highest BCUT2D eigenvalue weighted by Gasteiger charge is 2.27. The number of urea groups is 1. The van der Waals surface area contributed by atoms with Crippen molar-refractivity contribution >= 4 is 6.03 Å². The van der Waals surface area contributed by atoms with E-state index < -0.39 is 106 Å². The number of amides is 2. The molecule has 0 unspecified atom stereocenters. The van der Waals surface area contributed by atoms with Crippen molar-refractivity contribution in [3.63, 3.8) is 0 Å². The number of hydrogen-bond donors (Lipinski definition) is 1. The second kappa shape index (κ2) is 11.1. The Morgan fingerprint density at radius 3 is 2.58 bits per heavy atom. The predicted molar refractivity (Wildman–Crippen MR) is 121 cm³/mol. The van der Waals surface area contributed by atoms with Crippen LogP contribution in [0.2, 0.25) is 0 Å². The van der Waals surface area contributed by atoms with E-state index in [4.69, 9.17) is 28.0 Å². The fourth-order valence-corrected chi connectivity index (χ4v) is 2.46. The number of carbonyl (C=O) groups excluding carboxylic acids is 1. The number of hydrogen-bond acceptors (Lipinski definition) is 3. The molecule has 0 radical (unpaired) electrons. The fraction of sp³-hybridized carbons (Fsp3) is 0.480. The zero-order valence-electron chi connectivity index (χ0n) is 34.0. The van der Waals surface area contributed by atoms with Crippen LogP contribution in [0.1, 0.15) is 61.1 Å². The smallest absolute Gasteiger partial charge is 0.318 e. The van der Waals surface area contributed by atoms with Crippen LogP contribution >= 0.6 is 0 Å². The van der Waals surface area contributed by atoms with Gasteiger partial charge in [0.05, 0.1) is 20.3 Å². The first-order chi connectivity index (χ1) is 21.5. The van der Waals surface area contributed by atoms with Gasteiger partial charge in [0.1, 0.15) is 11.6 Å². The van der Waals surface area contributed by atoms with Crippen molar-refractivity contribution in [2.45, 2.75) is 45.7 Å². The molecule has 6 heteroatoms. The molecule has 0 atom stereocenters. The normalized spacial score (nSPS) is 28.2. The number of piperidine rings is 1. The Balaban J connectivity index is 2.15. The van der Waals surface area contributed by atoms with Crippen molar-refractivity contribution in [2.75, 3.05) is 26.5 Å². The molecule has 1 saturated heterocycles. The third-order valence-corrected chi connectivity index (χ3v) is 3.96. The summed E-state index contributed by atoms with van der Waals surface area (Å²) in [5.41, 5.74) is -1.47. The number of nitrogens with zero attached hydrogens (tertiary/aromatic N) is 2. The van der Waals surface area contributed by atoms with Crippen LogP contribution in [-0.2, 0) is 13.0 Å². The summed E-state index contributed by atoms with van der Waals surface area (Å²) in [6.07, 6.45) is -2.15. The minimum atomic E-state index is -3.53. The van der Waals surface area contributed by atoms with Crippen LogP contribution < -0.4 is 10.1 Å². The maximum Gasteiger partial charge on any atom is 0.318 e. The lowest BCUT2D eigenvalue weighted by atomic mass is 10.0. The topological polar surface area (TPSA) is 44.8 Å². The Morgan fingerprint density at radius 1 is 1.29 bits per heavy atom. The summed E-state index contributed by atoms with van der Waals surface area (Å²) in [7, 11) is 0. The van der Waals surface area contributed by atoms with Crippen LogP contribution in [0.5, 0.6) is 5.75 Å². The average Bonchev–Trinajstić information content (AvgIpc) is 2.88. The van der Waals surface area contributed by atoms with E-state index in [1.807, 2.05) is 5.32 Å². The first-order valence-electron chi connectivity index (χ1n) is 18.0. The quantitative estimate of drug-likeness (QED) is 0.644. The minimum Gasteiger partial charge on any atom is -0.493 e. The van der Waals surface area contributed by atoms with Crippen molar-refractivity contribution in [1.82, 2.24) is 15.1 Å². The Labute approximate surface area is 209 Å². The second-order valence-corrected chi connectivity index (χ2v) is 6.84. The van der Waals surface area contributed by atoms with Crippen LogP contribution in [0.3, 0.4) is 0 Å². The first kappa shape index (κ1) is 9.49. The standard InChI is InChI=1S/C25H34FN3O2/c1-19(2)18-31-24-10-6-20(7-11-24)16-27-25(30)29(23-12-14-28(3)15-13-23)17-21-4-8-22(26)9-5-21/h4-11,19,23H,12-18H2,1-3H3,(H,27,30)/i3D3,4D,5D,8D,9D,14D2,15D2,16D2,17D2,18D2. The van der Waals surface area contributed by atoms with Gasteiger partial charge in [0.2, 0.25) is 0 Å². The molecule has 1 aliphatic rings. The fourth-order valence-electron chi connectivity index (χ4n) is 2.46. The van der Waals surface area contributed by atoms with Crippen LogP contribution in [0.4, 0.5) is 9.18 Å². The summed E-state index contributed by atoms with van der Waals surface area (Å²) in [6.45, 7) is -14.9. The van der Waals surface area contributed by atoms with E-state index in [-0.39, 0.29) is 21.1 Å². The van der Waals surface area contributed by atoms with E-state index in [2.05, 4.69) is 0 Å². The molecule has 0 bridgehead atoms. The summed E-state index contributed by atoms with van der Waals surface area (Å²) in [4.78, 5) is 14.0. The Morgan fingerprint density at radius 2 is 1.97 bits per heavy atom. The molecule has 2 amide bonds. The van der Waals surface area contributed by atoms with Gasteiger partial charge in [0.25, 0.3) is 0 Å². The van der Waals surface area contributed by atoms with Crippen LogP contribution in [0, 0.1) is 11.7 Å². The molecular weight excluding hydrogens is 393 g/mol. The molecule has 0 spiro atoms. The number of benzene rings is 2. The highest BCUT2D eigenvalue weighted by molar-refractivity contribution is 5.74. The molecule has 2 aromatic rings. The number of likely N-dealkylation sites (tertiary alicyclic amines) is 1. The Kier molecular flexibility index (Phi) is 3.41. The van der Waals surface area contributed by atoms with Crippen molar-refractivity contribution in [1.29, 1.82) is 0 Å². The summed E-state index contributed by atoms with van der Waals surface area (Å²) in [6, 6.07) is -4.12. The monoisotopic (exact) mass is 444 g/mol. The van der Waals surface area contributed by atoms with Gasteiger partial charge in [-0.15, -0.1) is 0 Å². The molecule has 1 aliphatic heterocycles. The van der Waals surface area contributed by atoms with Crippen LogP contribution in [0.15, 0.2) is 48.4 Å². The van der Waals surface area contributed by atoms with E-state index in [0.29, 0.717) is 0 Å². The third kappa shape index (κ3) is 7.24. The molecule has 1 heterocycles. The van der Waals surface area contributed by atoms with Gasteiger partial charge in [-0.05, 0) is 74.1 Å². The number of nitrogens with one attached hydrogen (secondary N) is 1. The highest BCUT2D eigenvalue weighted by Crippen LogP contribution is 2.19. The maximum atomic E-state index is 14.4. The van der Waals surface area contributed by atoms with Crippen LogP contribution in [0.25, 0.3) is 0 Å². The molecule has 3 rings (SSSR count). The number of halogens is 1.